The third kappa shape index (κ3) is 7.51. The molecule has 0 saturated carbocycles. The Kier molecular flexibility index (Phi) is 9.18. The van der Waals surface area contributed by atoms with Crippen molar-refractivity contribution in [1.82, 2.24) is 5.32 Å². The first-order chi connectivity index (χ1) is 18.5. The van der Waals surface area contributed by atoms with E-state index in [0.717, 1.165) is 36.2 Å². The van der Waals surface area contributed by atoms with Gasteiger partial charge in [0.2, 0.25) is 0 Å². The zero-order valence-electron chi connectivity index (χ0n) is 20.9. The Morgan fingerprint density at radius 2 is 1.59 bits per heavy atom. The van der Waals surface area contributed by atoms with Crippen LogP contribution >= 0.6 is 0 Å². The van der Waals surface area contributed by atoms with Crippen molar-refractivity contribution in [1.29, 1.82) is 0 Å². The fraction of sp³-hybridized carbons (Fsp3) is 0.286. The minimum atomic E-state index is -4.58. The average Bonchev–Trinajstić information content (AvgIpc) is 3.12. The van der Waals surface area contributed by atoms with E-state index in [0.29, 0.717) is 30.6 Å². The molecule has 1 fully saturated rings. The average molecular weight is 621 g/mol. The standard InChI is InChI=1S/C28H28AsF3N2O4S/c30-28(31,32)22-11-15-24(16-12-22)39(37,38)29(25-8-4-5-17-33-27(25)36)19-21-9-13-23(14-10-21)34-26(35)18-20-6-2-1-3-7-20/h1-3,6-7,9-16,25H,4-5,8,17-19H2,(H,33,36)(H,34,35). The molecule has 2 unspecified atom stereocenters. The SMILES string of the molecule is O=C(Cc1ccccc1)Nc1ccc(C[As](C2CCCCNC2=O)S(=O)(=O)c2ccc(C(F)(F)F)cc2)cc1. The van der Waals surface area contributed by atoms with Crippen LogP contribution in [0, 0.1) is 0 Å². The molecule has 11 heteroatoms. The molecule has 0 radical (unpaired) electrons. The van der Waals surface area contributed by atoms with Crippen molar-refractivity contribution in [2.75, 3.05) is 11.9 Å². The predicted octanol–water partition coefficient (Wildman–Crippen LogP) is 5.10. The Hall–Kier alpha value is -3.10. The van der Waals surface area contributed by atoms with E-state index in [1.165, 1.54) is 0 Å². The zero-order chi connectivity index (χ0) is 28.0. The number of hydrogen-bond acceptors (Lipinski definition) is 4. The number of hydrogen-bond donors (Lipinski definition) is 2. The quantitative estimate of drug-likeness (QED) is 0.343. The number of amides is 2. The van der Waals surface area contributed by atoms with Crippen molar-refractivity contribution in [2.24, 2.45) is 0 Å². The molecule has 0 spiro atoms. The van der Waals surface area contributed by atoms with Crippen molar-refractivity contribution in [3.8, 4) is 0 Å². The predicted molar refractivity (Wildman–Crippen MR) is 144 cm³/mol. The van der Waals surface area contributed by atoms with Gasteiger partial charge in [-0.15, -0.1) is 0 Å². The number of alkyl halides is 3. The zero-order valence-corrected chi connectivity index (χ0v) is 23.6. The van der Waals surface area contributed by atoms with Crippen LogP contribution in [-0.2, 0) is 35.5 Å². The van der Waals surface area contributed by atoms with E-state index < -0.39 is 38.0 Å². The molecule has 1 aliphatic rings. The Morgan fingerprint density at radius 1 is 0.923 bits per heavy atom. The van der Waals surface area contributed by atoms with E-state index in [1.54, 1.807) is 24.3 Å². The number of carbonyl (C=O) groups excluding carboxylic acids is 2. The van der Waals surface area contributed by atoms with Gasteiger partial charge >= 0.3 is 230 Å². The molecule has 3 aromatic rings. The summed E-state index contributed by atoms with van der Waals surface area (Å²) < 4.78 is 66.0. The number of nitrogens with one attached hydrogen (secondary N) is 2. The Morgan fingerprint density at radius 3 is 2.23 bits per heavy atom. The molecule has 6 nitrogen and oxygen atoms in total. The first kappa shape index (κ1) is 28.9. The molecule has 4 rings (SSSR count). The normalized spacial score (nSPS) is 17.1. The summed E-state index contributed by atoms with van der Waals surface area (Å²) in [6.45, 7) is 0.468. The number of carbonyl (C=O) groups is 2. The van der Waals surface area contributed by atoms with E-state index in [2.05, 4.69) is 10.6 Å². The second-order valence-electron chi connectivity index (χ2n) is 9.28. The van der Waals surface area contributed by atoms with Crippen molar-refractivity contribution in [3.63, 3.8) is 0 Å². The molecule has 3 aromatic carbocycles. The first-order valence-electron chi connectivity index (χ1n) is 12.4. The summed E-state index contributed by atoms with van der Waals surface area (Å²) in [5, 5.41) is 5.75. The van der Waals surface area contributed by atoms with Gasteiger partial charge < -0.3 is 0 Å². The van der Waals surface area contributed by atoms with Gasteiger partial charge in [0.15, 0.2) is 0 Å². The molecular formula is C28H28AsF3N2O4S. The van der Waals surface area contributed by atoms with Crippen LogP contribution in [0.25, 0.3) is 0 Å². The minimum absolute atomic E-state index is 0.132. The molecule has 39 heavy (non-hydrogen) atoms. The third-order valence-electron chi connectivity index (χ3n) is 6.43. The number of rotatable bonds is 8. The van der Waals surface area contributed by atoms with Crippen LogP contribution in [0.2, 0.25) is 4.71 Å². The van der Waals surface area contributed by atoms with Gasteiger partial charge in [-0.1, -0.05) is 0 Å². The van der Waals surface area contributed by atoms with E-state index >= 15 is 0 Å². The van der Waals surface area contributed by atoms with E-state index in [1.807, 2.05) is 30.3 Å². The van der Waals surface area contributed by atoms with Gasteiger partial charge in [0, 0.05) is 0 Å². The van der Waals surface area contributed by atoms with Gasteiger partial charge in [0.25, 0.3) is 0 Å². The summed E-state index contributed by atoms with van der Waals surface area (Å²) >= 11 is -3.11. The maximum absolute atomic E-state index is 13.8. The van der Waals surface area contributed by atoms with Crippen molar-refractivity contribution in [2.45, 2.75) is 46.7 Å². The molecule has 2 N–H and O–H groups in total. The summed E-state index contributed by atoms with van der Waals surface area (Å²) in [5.41, 5.74) is 1.17. The van der Waals surface area contributed by atoms with Crippen LogP contribution in [0.3, 0.4) is 0 Å². The third-order valence-corrected chi connectivity index (χ3v) is 19.0. The molecule has 1 heterocycles. The van der Waals surface area contributed by atoms with Crippen LogP contribution in [0.5, 0.6) is 0 Å². The van der Waals surface area contributed by atoms with Gasteiger partial charge in [0.1, 0.15) is 0 Å². The molecule has 0 aromatic heterocycles. The molecule has 1 saturated heterocycles. The van der Waals surface area contributed by atoms with Crippen molar-refractivity contribution >= 4 is 39.1 Å². The van der Waals surface area contributed by atoms with E-state index in [9.17, 15) is 31.2 Å². The maximum atomic E-state index is 13.8. The molecule has 0 aliphatic carbocycles. The summed E-state index contributed by atoms with van der Waals surface area (Å²) in [4.78, 5) is 25.1. The van der Waals surface area contributed by atoms with Crippen LogP contribution in [0.4, 0.5) is 18.9 Å². The molecular weight excluding hydrogens is 592 g/mol. The van der Waals surface area contributed by atoms with Crippen molar-refractivity contribution in [3.05, 3.63) is 95.6 Å². The molecule has 1 aliphatic heterocycles. The number of benzene rings is 3. The fourth-order valence-corrected chi connectivity index (χ4v) is 16.5. The van der Waals surface area contributed by atoms with Gasteiger partial charge in [-0.3, -0.25) is 0 Å². The summed E-state index contributed by atoms with van der Waals surface area (Å²) in [5.74, 6) is -0.505. The van der Waals surface area contributed by atoms with E-state index in [-0.39, 0.29) is 28.3 Å². The summed E-state index contributed by atoms with van der Waals surface area (Å²) in [7, 11) is -4.03. The Balaban J connectivity index is 1.56. The second-order valence-corrected chi connectivity index (χ2v) is 19.9. The topological polar surface area (TPSA) is 92.3 Å². The van der Waals surface area contributed by atoms with Gasteiger partial charge in [-0.2, -0.15) is 0 Å². The molecule has 206 valence electrons. The van der Waals surface area contributed by atoms with Gasteiger partial charge in [-0.05, 0) is 0 Å². The fourth-order valence-electron chi connectivity index (χ4n) is 4.37. The second kappa shape index (κ2) is 12.4. The Bertz CT molecular complexity index is 1400. The van der Waals surface area contributed by atoms with Crippen molar-refractivity contribution < 1.29 is 31.2 Å². The van der Waals surface area contributed by atoms with Crippen LogP contribution in [0.15, 0.2) is 83.8 Å². The molecule has 0 bridgehead atoms. The monoisotopic (exact) mass is 620 g/mol. The van der Waals surface area contributed by atoms with E-state index in [4.69, 9.17) is 0 Å². The van der Waals surface area contributed by atoms with Gasteiger partial charge in [0.05, 0.1) is 0 Å². The van der Waals surface area contributed by atoms with Gasteiger partial charge in [-0.25, -0.2) is 0 Å². The molecule has 2 amide bonds. The van der Waals surface area contributed by atoms with Crippen LogP contribution in [-0.4, -0.2) is 40.3 Å². The number of halogens is 3. The summed E-state index contributed by atoms with van der Waals surface area (Å²) in [6, 6.07) is 19.6. The molecule has 2 atom stereocenters. The number of anilines is 1. The Labute approximate surface area is 229 Å². The summed E-state index contributed by atoms with van der Waals surface area (Å²) in [6.07, 6.45) is -2.54. The van der Waals surface area contributed by atoms with Crippen LogP contribution < -0.4 is 10.6 Å². The first-order valence-corrected chi connectivity index (χ1v) is 18.6. The van der Waals surface area contributed by atoms with Crippen LogP contribution in [0.1, 0.15) is 36.0 Å².